The van der Waals surface area contributed by atoms with Gasteiger partial charge in [-0.15, -0.1) is 0 Å². The molecule has 6 heteroatoms. The molecule has 26 heavy (non-hydrogen) atoms. The molecule has 0 atom stereocenters. The molecule has 1 aromatic heterocycles. The van der Waals surface area contributed by atoms with Crippen molar-refractivity contribution in [1.29, 1.82) is 0 Å². The third-order valence-electron chi connectivity index (χ3n) is 4.42. The van der Waals surface area contributed by atoms with E-state index in [2.05, 4.69) is 4.98 Å². The number of aromatic nitrogens is 1. The van der Waals surface area contributed by atoms with Gasteiger partial charge in [0.15, 0.2) is 0 Å². The molecule has 0 bridgehead atoms. The van der Waals surface area contributed by atoms with E-state index < -0.39 is 4.92 Å². The highest BCUT2D eigenvalue weighted by atomic mass is 19.1. The van der Waals surface area contributed by atoms with Crippen LogP contribution in [0, 0.1) is 17.0 Å². The Morgan fingerprint density at radius 2 is 1.88 bits per heavy atom. The van der Waals surface area contributed by atoms with E-state index in [1.54, 1.807) is 19.1 Å². The van der Waals surface area contributed by atoms with Crippen molar-refractivity contribution in [3.05, 3.63) is 81.3 Å². The molecule has 0 amide bonds. The van der Waals surface area contributed by atoms with E-state index in [4.69, 9.17) is 0 Å². The number of halogens is 1. The van der Waals surface area contributed by atoms with Gasteiger partial charge in [-0.3, -0.25) is 10.1 Å². The summed E-state index contributed by atoms with van der Waals surface area (Å²) < 4.78 is 14.4. The molecule has 0 aliphatic carbocycles. The Morgan fingerprint density at radius 1 is 1.19 bits per heavy atom. The number of rotatable bonds is 4. The highest BCUT2D eigenvalue weighted by molar-refractivity contribution is 5.59. The summed E-state index contributed by atoms with van der Waals surface area (Å²) in [5.41, 5.74) is 2.40. The smallest absolute Gasteiger partial charge is 0.311 e. The Morgan fingerprint density at radius 3 is 2.54 bits per heavy atom. The number of nitro groups is 1. The highest BCUT2D eigenvalue weighted by Gasteiger charge is 2.24. The van der Waals surface area contributed by atoms with Crippen molar-refractivity contribution >= 4 is 17.6 Å². The Bertz CT molecular complexity index is 853. The lowest BCUT2D eigenvalue weighted by Crippen LogP contribution is -2.32. The SMILES string of the molecule is Cc1ccc([N+](=O)[O-])c(N2CCC(=C(F)C=Cc3ccccc3)CC2)n1. The van der Waals surface area contributed by atoms with E-state index in [-0.39, 0.29) is 11.5 Å². The first-order valence-electron chi connectivity index (χ1n) is 8.52. The maximum atomic E-state index is 14.4. The third-order valence-corrected chi connectivity index (χ3v) is 4.42. The predicted octanol–water partition coefficient (Wildman–Crippen LogP) is 4.84. The number of piperidine rings is 1. The number of aryl methyl sites for hydroxylation is 1. The van der Waals surface area contributed by atoms with Crippen LogP contribution in [0.2, 0.25) is 0 Å². The summed E-state index contributed by atoms with van der Waals surface area (Å²) in [6, 6.07) is 12.7. The molecule has 0 N–H and O–H groups in total. The number of allylic oxidation sites excluding steroid dienone is 2. The molecule has 0 radical (unpaired) electrons. The zero-order valence-electron chi connectivity index (χ0n) is 14.6. The highest BCUT2D eigenvalue weighted by Crippen LogP contribution is 2.31. The van der Waals surface area contributed by atoms with Gasteiger partial charge in [0, 0.05) is 24.8 Å². The molecule has 0 spiro atoms. The lowest BCUT2D eigenvalue weighted by atomic mass is 10.0. The first-order chi connectivity index (χ1) is 12.5. The minimum absolute atomic E-state index is 0.00697. The lowest BCUT2D eigenvalue weighted by Gasteiger charge is -2.29. The van der Waals surface area contributed by atoms with Crippen LogP contribution in [0.3, 0.4) is 0 Å². The van der Waals surface area contributed by atoms with Crippen LogP contribution in [0.15, 0.2) is 59.9 Å². The number of nitrogens with zero attached hydrogens (tertiary/aromatic N) is 3. The van der Waals surface area contributed by atoms with Crippen LogP contribution < -0.4 is 4.90 Å². The fourth-order valence-electron chi connectivity index (χ4n) is 2.99. The van der Waals surface area contributed by atoms with E-state index in [1.165, 1.54) is 12.1 Å². The molecule has 3 rings (SSSR count). The Kier molecular flexibility index (Phi) is 5.41. The van der Waals surface area contributed by atoms with Crippen molar-refractivity contribution < 1.29 is 9.31 Å². The number of hydrogen-bond donors (Lipinski definition) is 0. The first kappa shape index (κ1) is 17.8. The Labute approximate surface area is 151 Å². The van der Waals surface area contributed by atoms with Crippen molar-refractivity contribution in [3.8, 4) is 0 Å². The van der Waals surface area contributed by atoms with Gasteiger partial charge in [0.1, 0.15) is 5.83 Å². The molecular formula is C20H20FN3O2. The van der Waals surface area contributed by atoms with Gasteiger partial charge >= 0.3 is 5.69 Å². The van der Waals surface area contributed by atoms with E-state index in [0.29, 0.717) is 31.7 Å². The maximum Gasteiger partial charge on any atom is 0.311 e. The van der Waals surface area contributed by atoms with E-state index >= 15 is 0 Å². The normalized spacial score (nSPS) is 14.7. The predicted molar refractivity (Wildman–Crippen MR) is 101 cm³/mol. The van der Waals surface area contributed by atoms with Crippen molar-refractivity contribution in [3.63, 3.8) is 0 Å². The van der Waals surface area contributed by atoms with Crippen LogP contribution in [-0.2, 0) is 0 Å². The molecule has 1 saturated heterocycles. The summed E-state index contributed by atoms with van der Waals surface area (Å²) >= 11 is 0. The quantitative estimate of drug-likeness (QED) is 0.583. The molecule has 1 aliphatic heterocycles. The van der Waals surface area contributed by atoms with Gasteiger partial charge in [-0.05, 0) is 43.0 Å². The van der Waals surface area contributed by atoms with E-state index in [0.717, 1.165) is 16.8 Å². The van der Waals surface area contributed by atoms with Crippen LogP contribution in [0.5, 0.6) is 0 Å². The largest absolute Gasteiger partial charge is 0.350 e. The van der Waals surface area contributed by atoms with Crippen LogP contribution >= 0.6 is 0 Å². The Balaban J connectivity index is 1.72. The average Bonchev–Trinajstić information content (AvgIpc) is 2.66. The Hall–Kier alpha value is -3.02. The molecule has 2 aromatic rings. The van der Waals surface area contributed by atoms with Gasteiger partial charge in [0.05, 0.1) is 4.92 Å². The number of anilines is 1. The van der Waals surface area contributed by atoms with Crippen LogP contribution in [0.25, 0.3) is 6.08 Å². The minimum atomic E-state index is -0.420. The van der Waals surface area contributed by atoms with Gasteiger partial charge in [-0.25, -0.2) is 9.37 Å². The van der Waals surface area contributed by atoms with Gasteiger partial charge < -0.3 is 4.90 Å². The molecule has 134 valence electrons. The number of pyridine rings is 1. The van der Waals surface area contributed by atoms with Crippen LogP contribution in [0.1, 0.15) is 24.1 Å². The minimum Gasteiger partial charge on any atom is -0.350 e. The van der Waals surface area contributed by atoms with Gasteiger partial charge in [-0.1, -0.05) is 36.4 Å². The summed E-state index contributed by atoms with van der Waals surface area (Å²) in [6.45, 7) is 2.83. The van der Waals surface area contributed by atoms with Crippen LogP contribution in [0.4, 0.5) is 15.9 Å². The lowest BCUT2D eigenvalue weighted by molar-refractivity contribution is -0.384. The molecular weight excluding hydrogens is 333 g/mol. The summed E-state index contributed by atoms with van der Waals surface area (Å²) in [7, 11) is 0. The molecule has 1 fully saturated rings. The zero-order valence-corrected chi connectivity index (χ0v) is 14.6. The fraction of sp³-hybridized carbons (Fsp3) is 0.250. The second-order valence-electron chi connectivity index (χ2n) is 6.24. The molecule has 2 heterocycles. The van der Waals surface area contributed by atoms with Gasteiger partial charge in [0.25, 0.3) is 0 Å². The van der Waals surface area contributed by atoms with Crippen molar-refractivity contribution in [2.75, 3.05) is 18.0 Å². The number of benzene rings is 1. The van der Waals surface area contributed by atoms with E-state index in [1.807, 2.05) is 35.2 Å². The van der Waals surface area contributed by atoms with Crippen LogP contribution in [-0.4, -0.2) is 23.0 Å². The summed E-state index contributed by atoms with van der Waals surface area (Å²) in [5.74, 6) is 0.148. The number of hydrogen-bond acceptors (Lipinski definition) is 4. The van der Waals surface area contributed by atoms with Gasteiger partial charge in [-0.2, -0.15) is 0 Å². The molecule has 1 aromatic carbocycles. The van der Waals surface area contributed by atoms with Gasteiger partial charge in [0.2, 0.25) is 5.82 Å². The summed E-state index contributed by atoms with van der Waals surface area (Å²) in [4.78, 5) is 17.0. The fourth-order valence-corrected chi connectivity index (χ4v) is 2.99. The first-order valence-corrected chi connectivity index (χ1v) is 8.52. The molecule has 0 unspecified atom stereocenters. The van der Waals surface area contributed by atoms with E-state index in [9.17, 15) is 14.5 Å². The second-order valence-corrected chi connectivity index (χ2v) is 6.24. The topological polar surface area (TPSA) is 59.3 Å². The average molecular weight is 353 g/mol. The second kappa shape index (κ2) is 7.91. The summed E-state index contributed by atoms with van der Waals surface area (Å²) in [6.07, 6.45) is 4.30. The zero-order chi connectivity index (χ0) is 18.5. The molecule has 5 nitrogen and oxygen atoms in total. The monoisotopic (exact) mass is 353 g/mol. The van der Waals surface area contributed by atoms with Crippen molar-refractivity contribution in [2.24, 2.45) is 0 Å². The van der Waals surface area contributed by atoms with Crippen molar-refractivity contribution in [2.45, 2.75) is 19.8 Å². The molecule has 1 aliphatic rings. The third kappa shape index (κ3) is 4.14. The van der Waals surface area contributed by atoms with Crippen molar-refractivity contribution in [1.82, 2.24) is 4.98 Å². The maximum absolute atomic E-state index is 14.4. The summed E-state index contributed by atoms with van der Waals surface area (Å²) in [5, 5.41) is 11.2. The molecule has 0 saturated carbocycles. The standard InChI is InChI=1S/C20H20FN3O2/c1-15-7-10-19(24(25)26)20(22-15)23-13-11-17(12-14-23)18(21)9-8-16-5-3-2-4-6-16/h2-10H,11-14H2,1H3.